The zero-order valence-electron chi connectivity index (χ0n) is 20.3. The van der Waals surface area contributed by atoms with Crippen molar-refractivity contribution in [2.24, 2.45) is 5.73 Å². The number of amides is 1. The average Bonchev–Trinajstić information content (AvgIpc) is 3.22. The quantitative estimate of drug-likeness (QED) is 0.522. The minimum atomic E-state index is -0.753. The molecular weight excluding hydrogens is 495 g/mol. The van der Waals surface area contributed by atoms with E-state index in [-0.39, 0.29) is 42.7 Å². The smallest absolute Gasteiger partial charge is 0.240 e. The number of fused-ring (bicyclic) bond motifs is 1. The number of nitrogens with two attached hydrogens (primary N) is 1. The molecule has 2 saturated heterocycles. The minimum Gasteiger partial charge on any atom is -0.330 e. The molecule has 2 aliphatic rings. The fraction of sp³-hybridized carbons (Fsp3) is 0.464. The molecule has 8 heteroatoms. The molecule has 0 aliphatic carbocycles. The van der Waals surface area contributed by atoms with E-state index in [0.717, 1.165) is 24.8 Å². The summed E-state index contributed by atoms with van der Waals surface area (Å²) in [4.78, 5) is 30.9. The SMILES string of the molecule is N#CC[C@H](C(=O)CCc1ccc(Cl)c(Cl)c1)N1CCC(CCc2ccccc2)N2C[C@H](N)C[C@H]2C1=O. The van der Waals surface area contributed by atoms with Crippen LogP contribution in [0.5, 0.6) is 0 Å². The van der Waals surface area contributed by atoms with Gasteiger partial charge in [0.25, 0.3) is 0 Å². The van der Waals surface area contributed by atoms with Gasteiger partial charge in [0.05, 0.1) is 28.6 Å². The van der Waals surface area contributed by atoms with Crippen molar-refractivity contribution in [3.63, 3.8) is 0 Å². The standard InChI is InChI=1S/C28H32Cl2N4O2/c29-23-10-7-20(16-24(23)30)8-11-27(35)25(12-14-31)33-15-13-22(9-6-19-4-2-1-3-5-19)34-18-21(32)17-26(34)28(33)36/h1-5,7,10,16,21-22,25-26H,6,8-9,11-13,15,17-18,32H2/t21-,22?,25-,26+/m1/s1. The Morgan fingerprint density at radius 2 is 1.89 bits per heavy atom. The van der Waals surface area contributed by atoms with Crippen LogP contribution in [-0.2, 0) is 22.4 Å². The molecule has 2 aromatic carbocycles. The Labute approximate surface area is 222 Å². The summed E-state index contributed by atoms with van der Waals surface area (Å²) in [6.07, 6.45) is 3.85. The molecule has 2 aliphatic heterocycles. The fourth-order valence-corrected chi connectivity index (χ4v) is 5.83. The molecule has 36 heavy (non-hydrogen) atoms. The molecular formula is C28H32Cl2N4O2. The Kier molecular flexibility index (Phi) is 9.03. The van der Waals surface area contributed by atoms with Crippen LogP contribution < -0.4 is 5.73 Å². The Balaban J connectivity index is 1.48. The van der Waals surface area contributed by atoms with Gasteiger partial charge in [-0.2, -0.15) is 5.26 Å². The number of hydrogen-bond donors (Lipinski definition) is 1. The van der Waals surface area contributed by atoms with E-state index in [4.69, 9.17) is 28.9 Å². The maximum Gasteiger partial charge on any atom is 0.240 e. The van der Waals surface area contributed by atoms with E-state index in [1.54, 1.807) is 17.0 Å². The molecule has 0 aromatic heterocycles. The van der Waals surface area contributed by atoms with Crippen LogP contribution in [0, 0.1) is 11.3 Å². The number of nitriles is 1. The molecule has 4 rings (SSSR count). The van der Waals surface area contributed by atoms with E-state index < -0.39 is 6.04 Å². The highest BCUT2D eigenvalue weighted by atomic mass is 35.5. The van der Waals surface area contributed by atoms with Crippen LogP contribution in [0.4, 0.5) is 0 Å². The maximum atomic E-state index is 13.7. The Morgan fingerprint density at radius 3 is 2.61 bits per heavy atom. The number of nitrogens with zero attached hydrogens (tertiary/aromatic N) is 3. The summed E-state index contributed by atoms with van der Waals surface area (Å²) in [6.45, 7) is 1.14. The molecule has 2 aromatic rings. The van der Waals surface area contributed by atoms with E-state index in [1.807, 2.05) is 24.3 Å². The van der Waals surface area contributed by atoms with Gasteiger partial charge in [0.2, 0.25) is 5.91 Å². The first kappa shape index (κ1) is 26.6. The molecule has 2 fully saturated rings. The summed E-state index contributed by atoms with van der Waals surface area (Å²) in [5.74, 6) is -0.180. The van der Waals surface area contributed by atoms with Gasteiger partial charge in [0, 0.05) is 31.6 Å². The summed E-state index contributed by atoms with van der Waals surface area (Å²) in [5.41, 5.74) is 8.46. The van der Waals surface area contributed by atoms with Crippen LogP contribution in [0.3, 0.4) is 0 Å². The molecule has 2 N–H and O–H groups in total. The zero-order valence-corrected chi connectivity index (χ0v) is 21.8. The van der Waals surface area contributed by atoms with Crippen molar-refractivity contribution in [2.45, 2.75) is 69.1 Å². The molecule has 0 bridgehead atoms. The lowest BCUT2D eigenvalue weighted by molar-refractivity contribution is -0.142. The predicted molar refractivity (Wildman–Crippen MR) is 142 cm³/mol. The Morgan fingerprint density at radius 1 is 1.11 bits per heavy atom. The second kappa shape index (κ2) is 12.2. The Hall–Kier alpha value is -2.43. The zero-order chi connectivity index (χ0) is 25.7. The largest absolute Gasteiger partial charge is 0.330 e. The van der Waals surface area contributed by atoms with Crippen molar-refractivity contribution >= 4 is 34.9 Å². The third-order valence-corrected chi connectivity index (χ3v) is 8.14. The molecule has 2 heterocycles. The molecule has 1 unspecified atom stereocenters. The average molecular weight is 527 g/mol. The molecule has 1 amide bonds. The van der Waals surface area contributed by atoms with Crippen LogP contribution >= 0.6 is 23.2 Å². The molecule has 190 valence electrons. The van der Waals surface area contributed by atoms with Crippen LogP contribution in [0.15, 0.2) is 48.5 Å². The summed E-state index contributed by atoms with van der Waals surface area (Å²) in [6, 6.07) is 16.8. The lowest BCUT2D eigenvalue weighted by Crippen LogP contribution is -2.50. The van der Waals surface area contributed by atoms with Gasteiger partial charge in [-0.1, -0.05) is 59.6 Å². The number of hydrogen-bond acceptors (Lipinski definition) is 5. The molecule has 0 radical (unpaired) electrons. The monoisotopic (exact) mass is 526 g/mol. The number of rotatable bonds is 9. The second-order valence-electron chi connectivity index (χ2n) is 9.80. The van der Waals surface area contributed by atoms with Gasteiger partial charge in [-0.3, -0.25) is 14.5 Å². The number of Topliss-reactive ketones (excluding diaryl/α,β-unsaturated/α-hetero) is 1. The van der Waals surface area contributed by atoms with Crippen molar-refractivity contribution in [1.29, 1.82) is 5.26 Å². The number of carbonyl (C=O) groups is 2. The predicted octanol–water partition coefficient (Wildman–Crippen LogP) is 4.41. The van der Waals surface area contributed by atoms with Crippen LogP contribution in [0.2, 0.25) is 10.0 Å². The van der Waals surface area contributed by atoms with E-state index in [2.05, 4.69) is 23.1 Å². The highest BCUT2D eigenvalue weighted by molar-refractivity contribution is 6.42. The molecule has 0 spiro atoms. The second-order valence-corrected chi connectivity index (χ2v) is 10.6. The normalized spacial score (nSPS) is 23.1. The Bertz CT molecular complexity index is 1120. The third kappa shape index (κ3) is 6.27. The van der Waals surface area contributed by atoms with Crippen molar-refractivity contribution in [2.75, 3.05) is 13.1 Å². The van der Waals surface area contributed by atoms with Crippen molar-refractivity contribution in [1.82, 2.24) is 9.80 Å². The third-order valence-electron chi connectivity index (χ3n) is 7.40. The highest BCUT2D eigenvalue weighted by Crippen LogP contribution is 2.30. The number of halogens is 2. The number of benzene rings is 2. The van der Waals surface area contributed by atoms with E-state index in [1.165, 1.54) is 5.56 Å². The van der Waals surface area contributed by atoms with Crippen molar-refractivity contribution in [3.05, 3.63) is 69.7 Å². The maximum absolute atomic E-state index is 13.7. The van der Waals surface area contributed by atoms with E-state index in [9.17, 15) is 14.9 Å². The lowest BCUT2D eigenvalue weighted by Gasteiger charge is -2.31. The van der Waals surface area contributed by atoms with Crippen LogP contribution in [0.25, 0.3) is 0 Å². The van der Waals surface area contributed by atoms with Crippen molar-refractivity contribution in [3.8, 4) is 6.07 Å². The van der Waals surface area contributed by atoms with Crippen LogP contribution in [-0.4, -0.2) is 58.7 Å². The number of carbonyl (C=O) groups excluding carboxylic acids is 2. The first-order chi connectivity index (χ1) is 17.4. The summed E-state index contributed by atoms with van der Waals surface area (Å²) in [5, 5.41) is 10.4. The summed E-state index contributed by atoms with van der Waals surface area (Å²) < 4.78 is 0. The molecule has 4 atom stereocenters. The number of ketones is 1. The van der Waals surface area contributed by atoms with Gasteiger partial charge in [-0.05, 0) is 55.4 Å². The highest BCUT2D eigenvalue weighted by Gasteiger charge is 2.45. The fourth-order valence-electron chi connectivity index (χ4n) is 5.51. The summed E-state index contributed by atoms with van der Waals surface area (Å²) >= 11 is 12.1. The topological polar surface area (TPSA) is 90.4 Å². The first-order valence-corrected chi connectivity index (χ1v) is 13.3. The number of aryl methyl sites for hydroxylation is 2. The van der Waals surface area contributed by atoms with Gasteiger partial charge >= 0.3 is 0 Å². The van der Waals surface area contributed by atoms with Gasteiger partial charge in [-0.25, -0.2) is 0 Å². The van der Waals surface area contributed by atoms with Gasteiger partial charge < -0.3 is 10.6 Å². The van der Waals surface area contributed by atoms with Gasteiger partial charge in [0.15, 0.2) is 5.78 Å². The van der Waals surface area contributed by atoms with Crippen molar-refractivity contribution < 1.29 is 9.59 Å². The molecule has 6 nitrogen and oxygen atoms in total. The molecule has 0 saturated carbocycles. The minimum absolute atomic E-state index is 0.0145. The van der Waals surface area contributed by atoms with E-state index >= 15 is 0 Å². The lowest BCUT2D eigenvalue weighted by atomic mass is 9.99. The van der Waals surface area contributed by atoms with Crippen LogP contribution in [0.1, 0.15) is 43.2 Å². The van der Waals surface area contributed by atoms with Gasteiger partial charge in [-0.15, -0.1) is 0 Å². The van der Waals surface area contributed by atoms with E-state index in [0.29, 0.717) is 36.0 Å². The summed E-state index contributed by atoms with van der Waals surface area (Å²) in [7, 11) is 0. The first-order valence-electron chi connectivity index (χ1n) is 12.6. The van der Waals surface area contributed by atoms with Gasteiger partial charge in [0.1, 0.15) is 6.04 Å².